The third-order valence-electron chi connectivity index (χ3n) is 10.00. The summed E-state index contributed by atoms with van der Waals surface area (Å²) in [6, 6.07) is 29.8. The van der Waals surface area contributed by atoms with Crippen LogP contribution in [0.15, 0.2) is 109 Å². The molecular weight excluding hydrogens is 909 g/mol. The summed E-state index contributed by atoms with van der Waals surface area (Å²) in [4.78, 5) is 78.7. The van der Waals surface area contributed by atoms with Crippen LogP contribution >= 0.6 is 0 Å². The number of amidine groups is 2. The Hall–Kier alpha value is -7.89. The minimum absolute atomic E-state index is 0.0656. The predicted molar refractivity (Wildman–Crippen MR) is 243 cm³/mol. The van der Waals surface area contributed by atoms with Crippen molar-refractivity contribution in [3.8, 4) is 11.5 Å². The van der Waals surface area contributed by atoms with Crippen LogP contribution in [0, 0.1) is 10.8 Å². The standard InChI is InChI=1S/C26H29N5O7.C19H19N3O7S/c1-2-36-23(33)17-30-13-12-29(16-22(30)32)14-21-15-31(26(35)38-21)19-10-8-18(9-11-19)24(27)28-25(34)37-20-6-4-3-5-7-20;1-30(25,26)27-12-16-11-22(19(24)29-16)14-9-7-13(8-10-14)17(20)21-18(23)28-15-5-3-2-4-6-15/h3-11,21H,2,12-17H2,1H3,(H2,27,28,34);2-10,16H,11-12H2,1H3,(H2,20,21,23). The SMILES string of the molecule is CCOC(=O)CN1CCN(CC2CN(c3ccc(C(=N)NC(=O)Oc4ccccc4)cc3)C(=O)O2)CC1=O.CS(=O)(=O)OCC1CN(c2ccc(C(=N)NC(=O)Oc3ccccc3)cc2)C(=O)O1. The molecule has 0 saturated carbocycles. The lowest BCUT2D eigenvalue weighted by Gasteiger charge is -2.34. The highest BCUT2D eigenvalue weighted by atomic mass is 32.2. The lowest BCUT2D eigenvalue weighted by molar-refractivity contribution is -0.151. The van der Waals surface area contributed by atoms with Crippen molar-refractivity contribution in [3.05, 3.63) is 120 Å². The molecule has 22 nitrogen and oxygen atoms in total. The van der Waals surface area contributed by atoms with Gasteiger partial charge in [0.1, 0.15) is 48.5 Å². The van der Waals surface area contributed by atoms with E-state index in [0.29, 0.717) is 60.2 Å². The van der Waals surface area contributed by atoms with Gasteiger partial charge in [0.15, 0.2) is 0 Å². The van der Waals surface area contributed by atoms with Crippen molar-refractivity contribution in [2.24, 2.45) is 0 Å². The fourth-order valence-electron chi connectivity index (χ4n) is 6.78. The molecule has 3 aliphatic rings. The Morgan fingerprint density at radius 3 is 1.62 bits per heavy atom. The van der Waals surface area contributed by atoms with Gasteiger partial charge in [-0.05, 0) is 79.7 Å². The van der Waals surface area contributed by atoms with Crippen LogP contribution in [-0.2, 0) is 38.1 Å². The van der Waals surface area contributed by atoms with Gasteiger partial charge >= 0.3 is 30.3 Å². The number of para-hydroxylation sites is 2. The number of hydrogen-bond donors (Lipinski definition) is 4. The summed E-state index contributed by atoms with van der Waals surface area (Å²) < 4.78 is 52.5. The number of ether oxygens (including phenoxy) is 5. The van der Waals surface area contributed by atoms with Crippen LogP contribution in [0.3, 0.4) is 0 Å². The Balaban J connectivity index is 0.000000230. The van der Waals surface area contributed by atoms with Crippen molar-refractivity contribution in [2.75, 3.05) is 75.1 Å². The van der Waals surface area contributed by atoms with Gasteiger partial charge in [-0.25, -0.2) is 19.2 Å². The number of nitrogens with one attached hydrogen (secondary N) is 4. The van der Waals surface area contributed by atoms with Gasteiger partial charge in [-0.2, -0.15) is 8.42 Å². The van der Waals surface area contributed by atoms with Crippen LogP contribution in [-0.4, -0.2) is 144 Å². The zero-order valence-electron chi connectivity index (χ0n) is 36.8. The summed E-state index contributed by atoms with van der Waals surface area (Å²) in [6.07, 6.45) is -2.96. The molecule has 0 bridgehead atoms. The molecule has 23 heteroatoms. The van der Waals surface area contributed by atoms with E-state index in [9.17, 15) is 37.2 Å². The Labute approximate surface area is 390 Å². The molecule has 3 heterocycles. The van der Waals surface area contributed by atoms with Gasteiger partial charge in [-0.1, -0.05) is 36.4 Å². The van der Waals surface area contributed by atoms with Crippen molar-refractivity contribution in [3.63, 3.8) is 0 Å². The first kappa shape index (κ1) is 49.5. The molecule has 5 amide bonds. The van der Waals surface area contributed by atoms with Crippen molar-refractivity contribution in [1.29, 1.82) is 10.8 Å². The van der Waals surface area contributed by atoms with Gasteiger partial charge in [0.25, 0.3) is 10.1 Å². The Morgan fingerprint density at radius 2 is 1.16 bits per heavy atom. The maximum atomic E-state index is 12.5. The summed E-state index contributed by atoms with van der Waals surface area (Å²) in [7, 11) is -3.63. The maximum Gasteiger partial charge on any atom is 0.418 e. The van der Waals surface area contributed by atoms with Crippen LogP contribution in [0.5, 0.6) is 11.5 Å². The van der Waals surface area contributed by atoms with Crippen LogP contribution in [0.25, 0.3) is 0 Å². The summed E-state index contributed by atoms with van der Waals surface area (Å²) in [5.41, 5.74) is 1.90. The van der Waals surface area contributed by atoms with Crippen LogP contribution < -0.4 is 29.9 Å². The lowest BCUT2D eigenvalue weighted by Crippen LogP contribution is -2.53. The highest BCUT2D eigenvalue weighted by molar-refractivity contribution is 7.86. The average molecular weight is 957 g/mol. The van der Waals surface area contributed by atoms with Gasteiger partial charge in [0.05, 0.1) is 32.5 Å². The fourth-order valence-corrected chi connectivity index (χ4v) is 7.18. The van der Waals surface area contributed by atoms with Crippen LogP contribution in [0.1, 0.15) is 18.1 Å². The number of benzene rings is 4. The number of esters is 1. The largest absolute Gasteiger partial charge is 0.465 e. The van der Waals surface area contributed by atoms with Crippen molar-refractivity contribution in [1.82, 2.24) is 20.4 Å². The van der Waals surface area contributed by atoms with Gasteiger partial charge in [-0.15, -0.1) is 0 Å². The number of carbonyl (C=O) groups is 6. The topological polar surface area (TPSA) is 277 Å². The third-order valence-corrected chi connectivity index (χ3v) is 10.6. The van der Waals surface area contributed by atoms with E-state index in [1.807, 2.05) is 4.90 Å². The normalized spacial score (nSPS) is 17.0. The van der Waals surface area contributed by atoms with E-state index in [-0.39, 0.29) is 50.4 Å². The molecule has 4 N–H and O–H groups in total. The number of cyclic esters (lactones) is 2. The molecule has 2 atom stereocenters. The molecule has 0 spiro atoms. The van der Waals surface area contributed by atoms with Crippen molar-refractivity contribution in [2.45, 2.75) is 19.1 Å². The third kappa shape index (κ3) is 14.6. The molecule has 0 aliphatic carbocycles. The van der Waals surface area contributed by atoms with Gasteiger partial charge in [-0.3, -0.25) is 49.9 Å². The van der Waals surface area contributed by atoms with Gasteiger partial charge in [0.2, 0.25) is 5.91 Å². The molecule has 0 aromatic heterocycles. The van der Waals surface area contributed by atoms with E-state index in [2.05, 4.69) is 14.8 Å². The second-order valence-corrected chi connectivity index (χ2v) is 16.7. The molecule has 3 fully saturated rings. The molecule has 358 valence electrons. The monoisotopic (exact) mass is 956 g/mol. The number of carbonyl (C=O) groups excluding carboxylic acids is 6. The summed E-state index contributed by atoms with van der Waals surface area (Å²) in [6.45, 7) is 3.52. The van der Waals surface area contributed by atoms with E-state index in [0.717, 1.165) is 6.26 Å². The van der Waals surface area contributed by atoms with E-state index in [4.69, 9.17) is 34.5 Å². The van der Waals surface area contributed by atoms with Crippen molar-refractivity contribution < 1.29 is 65.1 Å². The van der Waals surface area contributed by atoms with E-state index >= 15 is 0 Å². The maximum absolute atomic E-state index is 12.5. The predicted octanol–water partition coefficient (Wildman–Crippen LogP) is 3.94. The van der Waals surface area contributed by atoms with Gasteiger partial charge < -0.3 is 28.6 Å². The highest BCUT2D eigenvalue weighted by Gasteiger charge is 2.36. The fraction of sp³-hybridized carbons (Fsp3) is 0.289. The number of amides is 5. The second kappa shape index (κ2) is 23.0. The highest BCUT2D eigenvalue weighted by Crippen LogP contribution is 2.25. The molecular formula is C45H48N8O14S. The zero-order valence-corrected chi connectivity index (χ0v) is 37.6. The first-order valence-electron chi connectivity index (χ1n) is 21.0. The lowest BCUT2D eigenvalue weighted by atomic mass is 10.1. The van der Waals surface area contributed by atoms with Crippen LogP contribution in [0.2, 0.25) is 0 Å². The first-order chi connectivity index (χ1) is 32.5. The number of anilines is 2. The van der Waals surface area contributed by atoms with E-state index in [1.54, 1.807) is 116 Å². The number of rotatable bonds is 14. The molecule has 7 rings (SSSR count). The van der Waals surface area contributed by atoms with E-state index < -0.39 is 52.7 Å². The molecule has 3 aliphatic heterocycles. The Morgan fingerprint density at radius 1 is 0.691 bits per heavy atom. The molecule has 2 unspecified atom stereocenters. The average Bonchev–Trinajstić information content (AvgIpc) is 3.87. The van der Waals surface area contributed by atoms with Crippen LogP contribution in [0.4, 0.5) is 30.6 Å². The Bertz CT molecular complexity index is 2590. The Kier molecular flexibility index (Phi) is 16.8. The summed E-state index contributed by atoms with van der Waals surface area (Å²) in [5, 5.41) is 20.8. The summed E-state index contributed by atoms with van der Waals surface area (Å²) in [5.74, 6) is -0.223. The molecule has 0 radical (unpaired) electrons. The molecule has 68 heavy (non-hydrogen) atoms. The smallest absolute Gasteiger partial charge is 0.418 e. The first-order valence-corrected chi connectivity index (χ1v) is 22.8. The van der Waals surface area contributed by atoms with Crippen molar-refractivity contribution >= 4 is 69.4 Å². The minimum atomic E-state index is -3.63. The summed E-state index contributed by atoms with van der Waals surface area (Å²) >= 11 is 0. The van der Waals surface area contributed by atoms with Gasteiger partial charge in [0, 0.05) is 42.1 Å². The quantitative estimate of drug-likeness (QED) is 0.0458. The second-order valence-electron chi connectivity index (χ2n) is 15.1. The number of nitrogens with zero attached hydrogens (tertiary/aromatic N) is 4. The number of hydrogen-bond acceptors (Lipinski definition) is 17. The molecule has 4 aromatic carbocycles. The zero-order chi connectivity index (χ0) is 48.8. The molecule has 3 saturated heterocycles. The minimum Gasteiger partial charge on any atom is -0.465 e. The molecule has 4 aromatic rings. The number of piperazine rings is 1. The van der Waals surface area contributed by atoms with E-state index in [1.165, 1.54) is 14.7 Å².